The van der Waals surface area contributed by atoms with Crippen LogP contribution >= 0.6 is 0 Å². The van der Waals surface area contributed by atoms with Crippen LogP contribution in [0, 0.1) is 0 Å². The summed E-state index contributed by atoms with van der Waals surface area (Å²) in [6.07, 6.45) is 0. The lowest BCUT2D eigenvalue weighted by atomic mass is 10.3. The fraction of sp³-hybridized carbons (Fsp3) is 0.111. The van der Waals surface area contributed by atoms with Gasteiger partial charge < -0.3 is 10.5 Å². The second-order valence-corrected chi connectivity index (χ2v) is 4.45. The first-order chi connectivity index (χ1) is 6.53. The molecule has 0 aliphatic heterocycles. The Bertz CT molecular complexity index is 451. The summed E-state index contributed by atoms with van der Waals surface area (Å²) in [5, 5.41) is 0.859. The Labute approximate surface area is 82.9 Å². The highest BCUT2D eigenvalue weighted by Gasteiger charge is 2.15. The second kappa shape index (κ2) is 3.71. The maximum Gasteiger partial charge on any atom is 0.201 e. The van der Waals surface area contributed by atoms with Gasteiger partial charge >= 0.3 is 0 Å². The molecule has 4 nitrogen and oxygen atoms in total. The summed E-state index contributed by atoms with van der Waals surface area (Å²) in [5.41, 5.74) is 5.71. The summed E-state index contributed by atoms with van der Waals surface area (Å²) in [6.45, 7) is 3.22. The normalized spacial score (nSPS) is 10.9. The number of nitrogens with two attached hydrogens (primary N) is 1. The van der Waals surface area contributed by atoms with Gasteiger partial charge in [-0.15, -0.1) is 0 Å². The molecule has 14 heavy (non-hydrogen) atoms. The van der Waals surface area contributed by atoms with Gasteiger partial charge in [0.15, 0.2) is 0 Å². The van der Waals surface area contributed by atoms with Crippen molar-refractivity contribution in [3.8, 4) is 5.75 Å². The standard InChI is InChI=1S/C9H11NO3S/c1-3-14(11,12)8-6-4-5-7(13-2)9(8)10/h3-6H,1,10H2,2H3. The van der Waals surface area contributed by atoms with E-state index in [-0.39, 0.29) is 10.6 Å². The minimum Gasteiger partial charge on any atom is -0.495 e. The van der Waals surface area contributed by atoms with Gasteiger partial charge in [-0.3, -0.25) is 0 Å². The summed E-state index contributed by atoms with van der Waals surface area (Å²) in [5.74, 6) is 0.341. The summed E-state index contributed by atoms with van der Waals surface area (Å²) in [6, 6.07) is 4.57. The molecule has 0 aromatic heterocycles. The van der Waals surface area contributed by atoms with Gasteiger partial charge in [0.25, 0.3) is 0 Å². The second-order valence-electron chi connectivity index (χ2n) is 2.58. The molecule has 0 bridgehead atoms. The minimum atomic E-state index is -3.50. The molecule has 0 radical (unpaired) electrons. The van der Waals surface area contributed by atoms with Crippen molar-refractivity contribution >= 4 is 15.5 Å². The molecule has 2 N–H and O–H groups in total. The van der Waals surface area contributed by atoms with Gasteiger partial charge in [-0.05, 0) is 12.1 Å². The number of para-hydroxylation sites is 1. The minimum absolute atomic E-state index is 0.0202. The van der Waals surface area contributed by atoms with Gasteiger partial charge in [-0.2, -0.15) is 0 Å². The number of methoxy groups -OCH3 is 1. The topological polar surface area (TPSA) is 69.4 Å². The largest absolute Gasteiger partial charge is 0.495 e. The molecule has 5 heteroatoms. The fourth-order valence-corrected chi connectivity index (χ4v) is 1.89. The van der Waals surface area contributed by atoms with Gasteiger partial charge in [0.1, 0.15) is 5.75 Å². The van der Waals surface area contributed by atoms with Gasteiger partial charge in [-0.1, -0.05) is 12.6 Å². The first-order valence-electron chi connectivity index (χ1n) is 3.83. The Morgan fingerprint density at radius 2 is 2.14 bits per heavy atom. The number of anilines is 1. The van der Waals surface area contributed by atoms with Crippen LogP contribution in [0.2, 0.25) is 0 Å². The van der Waals surface area contributed by atoms with Crippen molar-refractivity contribution in [1.82, 2.24) is 0 Å². The van der Waals surface area contributed by atoms with Crippen LogP contribution in [0.15, 0.2) is 35.1 Å². The molecule has 0 aliphatic rings. The lowest BCUT2D eigenvalue weighted by Crippen LogP contribution is -2.02. The van der Waals surface area contributed by atoms with Crippen LogP contribution in [0.5, 0.6) is 5.75 Å². The number of hydrogen-bond acceptors (Lipinski definition) is 4. The molecule has 76 valence electrons. The van der Waals surface area contributed by atoms with E-state index in [0.717, 1.165) is 5.41 Å². The zero-order valence-electron chi connectivity index (χ0n) is 7.73. The van der Waals surface area contributed by atoms with E-state index < -0.39 is 9.84 Å². The third-order valence-electron chi connectivity index (χ3n) is 1.77. The number of sulfone groups is 1. The number of benzene rings is 1. The van der Waals surface area contributed by atoms with Crippen molar-refractivity contribution < 1.29 is 13.2 Å². The number of nitrogen functional groups attached to an aromatic ring is 1. The number of ether oxygens (including phenoxy) is 1. The van der Waals surface area contributed by atoms with Crippen LogP contribution in [0.3, 0.4) is 0 Å². The molecule has 0 saturated carbocycles. The van der Waals surface area contributed by atoms with E-state index in [1.807, 2.05) is 0 Å². The molecule has 0 amide bonds. The first-order valence-corrected chi connectivity index (χ1v) is 5.37. The van der Waals surface area contributed by atoms with Crippen LogP contribution in [-0.2, 0) is 9.84 Å². The lowest BCUT2D eigenvalue weighted by molar-refractivity contribution is 0.416. The van der Waals surface area contributed by atoms with E-state index in [1.54, 1.807) is 12.1 Å². The van der Waals surface area contributed by atoms with Crippen molar-refractivity contribution in [3.63, 3.8) is 0 Å². The molecule has 0 unspecified atom stereocenters. The average molecular weight is 213 g/mol. The van der Waals surface area contributed by atoms with E-state index in [9.17, 15) is 8.42 Å². The predicted octanol–water partition coefficient (Wildman–Crippen LogP) is 1.19. The van der Waals surface area contributed by atoms with Gasteiger partial charge in [0.05, 0.1) is 17.7 Å². The molecule has 1 rings (SSSR count). The fourth-order valence-electron chi connectivity index (χ4n) is 1.04. The van der Waals surface area contributed by atoms with Gasteiger partial charge in [0.2, 0.25) is 9.84 Å². The summed E-state index contributed by atoms with van der Waals surface area (Å²) >= 11 is 0. The maximum atomic E-state index is 11.4. The van der Waals surface area contributed by atoms with Crippen molar-refractivity contribution in [2.45, 2.75) is 4.90 Å². The van der Waals surface area contributed by atoms with Gasteiger partial charge in [0, 0.05) is 5.41 Å². The molecule has 0 fully saturated rings. The van der Waals surface area contributed by atoms with Crippen LogP contribution < -0.4 is 10.5 Å². The first kappa shape index (κ1) is 10.6. The molecule has 0 aliphatic carbocycles. The van der Waals surface area contributed by atoms with Crippen LogP contribution in [0.4, 0.5) is 5.69 Å². The van der Waals surface area contributed by atoms with Crippen molar-refractivity contribution in [2.24, 2.45) is 0 Å². The molecule has 0 heterocycles. The quantitative estimate of drug-likeness (QED) is 0.766. The van der Waals surface area contributed by atoms with E-state index in [0.29, 0.717) is 5.75 Å². The molecule has 1 aromatic carbocycles. The molecule has 0 atom stereocenters. The third kappa shape index (κ3) is 1.72. The lowest BCUT2D eigenvalue weighted by Gasteiger charge is -2.07. The van der Waals surface area contributed by atoms with Crippen molar-refractivity contribution in [1.29, 1.82) is 0 Å². The monoisotopic (exact) mass is 213 g/mol. The van der Waals surface area contributed by atoms with Gasteiger partial charge in [-0.25, -0.2) is 8.42 Å². The summed E-state index contributed by atoms with van der Waals surface area (Å²) in [4.78, 5) is 0.0202. The molecule has 1 aromatic rings. The Morgan fingerprint density at radius 1 is 1.50 bits per heavy atom. The number of rotatable bonds is 3. The van der Waals surface area contributed by atoms with Crippen LogP contribution in [-0.4, -0.2) is 15.5 Å². The SMILES string of the molecule is C=CS(=O)(=O)c1cccc(OC)c1N. The predicted molar refractivity (Wildman–Crippen MR) is 54.8 cm³/mol. The van der Waals surface area contributed by atoms with E-state index in [2.05, 4.69) is 6.58 Å². The zero-order chi connectivity index (χ0) is 10.8. The Morgan fingerprint density at radius 3 is 2.64 bits per heavy atom. The summed E-state index contributed by atoms with van der Waals surface area (Å²) in [7, 11) is -2.08. The van der Waals surface area contributed by atoms with E-state index >= 15 is 0 Å². The van der Waals surface area contributed by atoms with Crippen molar-refractivity contribution in [3.05, 3.63) is 30.2 Å². The number of hydrogen-bond donors (Lipinski definition) is 1. The average Bonchev–Trinajstić information content (AvgIpc) is 2.18. The molecular formula is C9H11NO3S. The highest BCUT2D eigenvalue weighted by atomic mass is 32.2. The third-order valence-corrected chi connectivity index (χ3v) is 3.18. The van der Waals surface area contributed by atoms with Crippen molar-refractivity contribution in [2.75, 3.05) is 12.8 Å². The van der Waals surface area contributed by atoms with E-state index in [1.165, 1.54) is 13.2 Å². The molecule has 0 saturated heterocycles. The molecule has 0 spiro atoms. The molecular weight excluding hydrogens is 202 g/mol. The Balaban J connectivity index is 3.45. The highest BCUT2D eigenvalue weighted by Crippen LogP contribution is 2.29. The van der Waals surface area contributed by atoms with Crippen LogP contribution in [0.25, 0.3) is 0 Å². The maximum absolute atomic E-state index is 11.4. The van der Waals surface area contributed by atoms with Crippen LogP contribution in [0.1, 0.15) is 0 Å². The Kier molecular flexibility index (Phi) is 2.81. The Hall–Kier alpha value is -1.49. The zero-order valence-corrected chi connectivity index (χ0v) is 8.54. The smallest absolute Gasteiger partial charge is 0.201 e. The summed E-state index contributed by atoms with van der Waals surface area (Å²) < 4.78 is 27.8. The highest BCUT2D eigenvalue weighted by molar-refractivity contribution is 7.94. The van der Waals surface area contributed by atoms with E-state index in [4.69, 9.17) is 10.5 Å².